The normalized spacial score (nSPS) is 22.1. The van der Waals surface area contributed by atoms with Gasteiger partial charge in [0.2, 0.25) is 5.91 Å². The van der Waals surface area contributed by atoms with Gasteiger partial charge in [0.15, 0.2) is 0 Å². The van der Waals surface area contributed by atoms with E-state index in [1.165, 1.54) is 12.1 Å². The van der Waals surface area contributed by atoms with E-state index in [9.17, 15) is 9.18 Å². The number of hydrogen-bond acceptors (Lipinski definition) is 3. The van der Waals surface area contributed by atoms with Crippen molar-refractivity contribution in [3.63, 3.8) is 0 Å². The summed E-state index contributed by atoms with van der Waals surface area (Å²) in [5.74, 6) is -0.269. The standard InChI is InChI=1S/C18H25FN2O2/c1-14(2)20-8-6-18(7-9-20)13-21(17(22)12-23-18)11-15-4-3-5-16(19)10-15/h3-5,10,14H,6-9,11-13H2,1-2H3. The zero-order chi connectivity index (χ0) is 16.4. The highest BCUT2D eigenvalue weighted by Gasteiger charge is 2.42. The van der Waals surface area contributed by atoms with Gasteiger partial charge in [-0.3, -0.25) is 4.79 Å². The van der Waals surface area contributed by atoms with Crippen molar-refractivity contribution in [1.82, 2.24) is 9.80 Å². The Labute approximate surface area is 137 Å². The number of halogens is 1. The van der Waals surface area contributed by atoms with Crippen LogP contribution < -0.4 is 0 Å². The average molecular weight is 320 g/mol. The third-order valence-electron chi connectivity index (χ3n) is 5.04. The van der Waals surface area contributed by atoms with Crippen LogP contribution in [0.3, 0.4) is 0 Å². The molecule has 0 radical (unpaired) electrons. The quantitative estimate of drug-likeness (QED) is 0.857. The van der Waals surface area contributed by atoms with Crippen molar-refractivity contribution in [2.45, 2.75) is 44.9 Å². The van der Waals surface area contributed by atoms with Crippen LogP contribution in [-0.2, 0) is 16.1 Å². The van der Waals surface area contributed by atoms with Gasteiger partial charge in [0.25, 0.3) is 0 Å². The van der Waals surface area contributed by atoms with Crippen LogP contribution in [0.5, 0.6) is 0 Å². The maximum Gasteiger partial charge on any atom is 0.248 e. The second-order valence-electron chi connectivity index (χ2n) is 6.98. The molecule has 3 rings (SSSR count). The SMILES string of the molecule is CC(C)N1CCC2(CC1)CN(Cc1cccc(F)c1)C(=O)CO2. The summed E-state index contributed by atoms with van der Waals surface area (Å²) >= 11 is 0. The molecule has 2 heterocycles. The summed E-state index contributed by atoms with van der Waals surface area (Å²) in [7, 11) is 0. The van der Waals surface area contributed by atoms with Gasteiger partial charge in [-0.05, 0) is 44.4 Å². The zero-order valence-corrected chi connectivity index (χ0v) is 13.9. The maximum atomic E-state index is 13.4. The molecule has 0 aliphatic carbocycles. The van der Waals surface area contributed by atoms with Crippen LogP contribution in [0.1, 0.15) is 32.3 Å². The van der Waals surface area contributed by atoms with E-state index in [-0.39, 0.29) is 23.9 Å². The smallest absolute Gasteiger partial charge is 0.248 e. The van der Waals surface area contributed by atoms with Crippen molar-refractivity contribution in [2.75, 3.05) is 26.2 Å². The van der Waals surface area contributed by atoms with E-state index in [0.29, 0.717) is 19.1 Å². The first kappa shape index (κ1) is 16.4. The van der Waals surface area contributed by atoms with Gasteiger partial charge in [-0.1, -0.05) is 12.1 Å². The molecule has 1 aromatic carbocycles. The van der Waals surface area contributed by atoms with Gasteiger partial charge in [-0.15, -0.1) is 0 Å². The minimum absolute atomic E-state index is 0.00817. The van der Waals surface area contributed by atoms with Gasteiger partial charge in [-0.2, -0.15) is 0 Å². The van der Waals surface area contributed by atoms with E-state index >= 15 is 0 Å². The molecular formula is C18H25FN2O2. The number of piperidine rings is 1. The second-order valence-corrected chi connectivity index (χ2v) is 6.98. The molecule has 4 nitrogen and oxygen atoms in total. The Hall–Kier alpha value is -1.46. The molecule has 1 amide bonds. The van der Waals surface area contributed by atoms with E-state index in [1.807, 2.05) is 11.0 Å². The van der Waals surface area contributed by atoms with Crippen LogP contribution in [-0.4, -0.2) is 53.6 Å². The Morgan fingerprint density at radius 1 is 1.30 bits per heavy atom. The number of ether oxygens (including phenoxy) is 1. The molecule has 0 aromatic heterocycles. The summed E-state index contributed by atoms with van der Waals surface area (Å²) in [6, 6.07) is 7.01. The third-order valence-corrected chi connectivity index (χ3v) is 5.04. The minimum atomic E-state index is -0.261. The molecular weight excluding hydrogens is 295 g/mol. The number of hydrogen-bond donors (Lipinski definition) is 0. The Kier molecular flexibility index (Phi) is 4.69. The molecule has 2 fully saturated rings. The molecule has 1 aromatic rings. The van der Waals surface area contributed by atoms with Crippen molar-refractivity contribution >= 4 is 5.91 Å². The Bertz CT molecular complexity index is 568. The Morgan fingerprint density at radius 3 is 2.70 bits per heavy atom. The molecule has 2 aliphatic heterocycles. The van der Waals surface area contributed by atoms with Crippen molar-refractivity contribution < 1.29 is 13.9 Å². The van der Waals surface area contributed by atoms with E-state index in [1.54, 1.807) is 6.07 Å². The fraction of sp³-hybridized carbons (Fsp3) is 0.611. The lowest BCUT2D eigenvalue weighted by molar-refractivity contribution is -0.173. The average Bonchev–Trinajstić information content (AvgIpc) is 2.52. The predicted octanol–water partition coefficient (Wildman–Crippen LogP) is 2.43. The zero-order valence-electron chi connectivity index (χ0n) is 13.9. The summed E-state index contributed by atoms with van der Waals surface area (Å²) in [5, 5.41) is 0. The first-order chi connectivity index (χ1) is 11.0. The summed E-state index contributed by atoms with van der Waals surface area (Å²) in [6.45, 7) is 7.61. The molecule has 2 aliphatic rings. The van der Waals surface area contributed by atoms with Gasteiger partial charge in [0, 0.05) is 25.7 Å². The van der Waals surface area contributed by atoms with Crippen LogP contribution in [0.25, 0.3) is 0 Å². The number of amides is 1. The third kappa shape index (κ3) is 3.72. The molecule has 0 unspecified atom stereocenters. The van der Waals surface area contributed by atoms with Gasteiger partial charge < -0.3 is 14.5 Å². The first-order valence-electron chi connectivity index (χ1n) is 8.38. The fourth-order valence-electron chi connectivity index (χ4n) is 3.54. The number of rotatable bonds is 3. The lowest BCUT2D eigenvalue weighted by atomic mass is 9.88. The molecule has 2 saturated heterocycles. The minimum Gasteiger partial charge on any atom is -0.363 e. The molecule has 0 atom stereocenters. The molecule has 126 valence electrons. The highest BCUT2D eigenvalue weighted by molar-refractivity contribution is 5.78. The Balaban J connectivity index is 1.66. The summed E-state index contributed by atoms with van der Waals surface area (Å²) in [4.78, 5) is 16.4. The van der Waals surface area contributed by atoms with Gasteiger partial charge >= 0.3 is 0 Å². The predicted molar refractivity (Wildman–Crippen MR) is 86.4 cm³/mol. The van der Waals surface area contributed by atoms with Crippen LogP contribution in [0, 0.1) is 5.82 Å². The van der Waals surface area contributed by atoms with Gasteiger partial charge in [0.05, 0.1) is 12.1 Å². The molecule has 1 spiro atoms. The monoisotopic (exact) mass is 320 g/mol. The molecule has 0 saturated carbocycles. The van der Waals surface area contributed by atoms with E-state index < -0.39 is 0 Å². The van der Waals surface area contributed by atoms with Crippen molar-refractivity contribution in [2.24, 2.45) is 0 Å². The number of morpholine rings is 1. The van der Waals surface area contributed by atoms with Crippen LogP contribution >= 0.6 is 0 Å². The number of likely N-dealkylation sites (tertiary alicyclic amines) is 1. The van der Waals surface area contributed by atoms with Crippen LogP contribution in [0.4, 0.5) is 4.39 Å². The van der Waals surface area contributed by atoms with E-state index in [0.717, 1.165) is 31.5 Å². The molecule has 23 heavy (non-hydrogen) atoms. The van der Waals surface area contributed by atoms with Crippen molar-refractivity contribution in [3.05, 3.63) is 35.6 Å². The number of nitrogens with zero attached hydrogens (tertiary/aromatic N) is 2. The number of benzene rings is 1. The second kappa shape index (κ2) is 6.57. The number of carbonyl (C=O) groups excluding carboxylic acids is 1. The molecule has 5 heteroatoms. The lowest BCUT2D eigenvalue weighted by Gasteiger charge is -2.47. The van der Waals surface area contributed by atoms with Crippen LogP contribution in [0.15, 0.2) is 24.3 Å². The topological polar surface area (TPSA) is 32.8 Å². The highest BCUT2D eigenvalue weighted by Crippen LogP contribution is 2.31. The van der Waals surface area contributed by atoms with E-state index in [4.69, 9.17) is 4.74 Å². The van der Waals surface area contributed by atoms with Crippen molar-refractivity contribution in [1.29, 1.82) is 0 Å². The Morgan fingerprint density at radius 2 is 2.04 bits per heavy atom. The molecule has 0 bridgehead atoms. The summed E-state index contributed by atoms with van der Waals surface area (Å²) in [5.41, 5.74) is 0.599. The van der Waals surface area contributed by atoms with E-state index in [2.05, 4.69) is 18.7 Å². The highest BCUT2D eigenvalue weighted by atomic mass is 19.1. The first-order valence-corrected chi connectivity index (χ1v) is 8.38. The largest absolute Gasteiger partial charge is 0.363 e. The summed E-state index contributed by atoms with van der Waals surface area (Å²) in [6.07, 6.45) is 1.89. The van der Waals surface area contributed by atoms with Crippen molar-refractivity contribution in [3.8, 4) is 0 Å². The maximum absolute atomic E-state index is 13.4. The van der Waals surface area contributed by atoms with Crippen LogP contribution in [0.2, 0.25) is 0 Å². The summed E-state index contributed by atoms with van der Waals surface area (Å²) < 4.78 is 19.3. The van der Waals surface area contributed by atoms with Gasteiger partial charge in [-0.25, -0.2) is 4.39 Å². The number of carbonyl (C=O) groups is 1. The van der Waals surface area contributed by atoms with Gasteiger partial charge in [0.1, 0.15) is 12.4 Å². The molecule has 0 N–H and O–H groups in total. The lowest BCUT2D eigenvalue weighted by Crippen LogP contribution is -2.59. The fourth-order valence-corrected chi connectivity index (χ4v) is 3.54.